The Morgan fingerprint density at radius 2 is 2.00 bits per heavy atom. The number of carbonyl (C=O) groups is 1. The molecule has 2 heterocycles. The molecule has 4 N–H and O–H groups in total. The van der Waals surface area contributed by atoms with E-state index >= 15 is 0 Å². The zero-order valence-electron chi connectivity index (χ0n) is 18.7. The average molecular weight is 436 g/mol. The van der Waals surface area contributed by atoms with E-state index in [0.717, 1.165) is 35.4 Å². The summed E-state index contributed by atoms with van der Waals surface area (Å²) in [4.78, 5) is 24.7. The van der Waals surface area contributed by atoms with E-state index < -0.39 is 11.8 Å². The molecule has 0 saturated carbocycles. The van der Waals surface area contributed by atoms with Crippen molar-refractivity contribution in [3.63, 3.8) is 0 Å². The highest BCUT2D eigenvalue weighted by molar-refractivity contribution is 5.76. The second kappa shape index (κ2) is 8.57. The van der Waals surface area contributed by atoms with E-state index in [1.54, 1.807) is 7.11 Å². The van der Waals surface area contributed by atoms with Crippen molar-refractivity contribution in [3.8, 4) is 11.5 Å². The average Bonchev–Trinajstić information content (AvgIpc) is 3.11. The lowest BCUT2D eigenvalue weighted by atomic mass is 9.86. The van der Waals surface area contributed by atoms with E-state index in [1.165, 1.54) is 5.56 Å². The van der Waals surface area contributed by atoms with Crippen LogP contribution < -0.4 is 20.8 Å². The number of primary amides is 1. The molecule has 3 aromatic rings. The predicted molar refractivity (Wildman–Crippen MR) is 122 cm³/mol. The number of hydrogen-bond donors (Lipinski definition) is 3. The Balaban J connectivity index is 1.71. The van der Waals surface area contributed by atoms with E-state index in [2.05, 4.69) is 30.1 Å². The van der Waals surface area contributed by atoms with Gasteiger partial charge in [-0.25, -0.2) is 0 Å². The normalized spacial score (nSPS) is 15.5. The van der Waals surface area contributed by atoms with Gasteiger partial charge in [-0.05, 0) is 49.9 Å². The van der Waals surface area contributed by atoms with Crippen molar-refractivity contribution in [2.45, 2.75) is 51.0 Å². The highest BCUT2D eigenvalue weighted by Crippen LogP contribution is 2.36. The quantitative estimate of drug-likeness (QED) is 0.528. The summed E-state index contributed by atoms with van der Waals surface area (Å²) in [6, 6.07) is 13.5. The number of benzene rings is 2. The minimum absolute atomic E-state index is 0.00141. The van der Waals surface area contributed by atoms with Gasteiger partial charge in [-0.1, -0.05) is 30.3 Å². The van der Waals surface area contributed by atoms with Crippen LogP contribution in [0.15, 0.2) is 47.3 Å². The number of rotatable bonds is 7. The molecule has 4 rings (SSSR count). The van der Waals surface area contributed by atoms with Crippen molar-refractivity contribution in [1.29, 1.82) is 0 Å². The molecule has 0 unspecified atom stereocenters. The number of aryl methyl sites for hydroxylation is 1. The van der Waals surface area contributed by atoms with Crippen molar-refractivity contribution >= 4 is 5.91 Å². The monoisotopic (exact) mass is 435 g/mol. The molecule has 0 bridgehead atoms. The molecule has 168 valence electrons. The van der Waals surface area contributed by atoms with Crippen LogP contribution in [0.5, 0.6) is 11.5 Å². The third-order valence-electron chi connectivity index (χ3n) is 6.05. The minimum Gasteiger partial charge on any atom is -0.496 e. The van der Waals surface area contributed by atoms with Crippen molar-refractivity contribution in [3.05, 3.63) is 80.8 Å². The number of carbonyl (C=O) groups excluding carboxylic acids is 1. The summed E-state index contributed by atoms with van der Waals surface area (Å²) in [6.45, 7) is 4.19. The van der Waals surface area contributed by atoms with Crippen LogP contribution in [0.3, 0.4) is 0 Å². The molecule has 1 aliphatic heterocycles. The number of hydrogen-bond acceptors (Lipinski definition) is 4. The second-order valence-corrected chi connectivity index (χ2v) is 8.92. The SMILES string of the molecule is COc1ccccc1[C@@H](CC(N)=O)c1c(Cc2ccc3c(c2)CCC(C)(C)O3)[nH][nH]c1=O. The number of methoxy groups -OCH3 is 1. The summed E-state index contributed by atoms with van der Waals surface area (Å²) in [5.74, 6) is 0.517. The first-order valence-electron chi connectivity index (χ1n) is 10.8. The van der Waals surface area contributed by atoms with Gasteiger partial charge in [0.25, 0.3) is 5.56 Å². The summed E-state index contributed by atoms with van der Waals surface area (Å²) in [7, 11) is 1.57. The molecule has 7 heteroatoms. The summed E-state index contributed by atoms with van der Waals surface area (Å²) in [5, 5.41) is 5.71. The van der Waals surface area contributed by atoms with E-state index in [4.69, 9.17) is 15.2 Å². The molecule has 1 aliphatic rings. The number of para-hydroxylation sites is 1. The Morgan fingerprint density at radius 1 is 1.22 bits per heavy atom. The number of H-pyrrole nitrogens is 2. The number of aromatic nitrogens is 2. The Morgan fingerprint density at radius 3 is 2.75 bits per heavy atom. The maximum Gasteiger partial charge on any atom is 0.267 e. The molecule has 32 heavy (non-hydrogen) atoms. The van der Waals surface area contributed by atoms with Gasteiger partial charge >= 0.3 is 0 Å². The predicted octanol–water partition coefficient (Wildman–Crippen LogP) is 3.41. The Kier molecular flexibility index (Phi) is 5.82. The fraction of sp³-hybridized carbons (Fsp3) is 0.360. The van der Waals surface area contributed by atoms with Crippen LogP contribution in [0.4, 0.5) is 0 Å². The summed E-state index contributed by atoms with van der Waals surface area (Å²) >= 11 is 0. The molecule has 1 aromatic heterocycles. The second-order valence-electron chi connectivity index (χ2n) is 8.92. The molecule has 0 radical (unpaired) electrons. The molecule has 0 spiro atoms. The van der Waals surface area contributed by atoms with E-state index in [1.807, 2.05) is 36.4 Å². The maximum absolute atomic E-state index is 12.8. The molecule has 2 aromatic carbocycles. The van der Waals surface area contributed by atoms with Gasteiger partial charge in [0.2, 0.25) is 5.91 Å². The molecular formula is C25H29N3O4. The van der Waals surface area contributed by atoms with Crippen LogP contribution in [0.2, 0.25) is 0 Å². The highest BCUT2D eigenvalue weighted by atomic mass is 16.5. The number of amides is 1. The lowest BCUT2D eigenvalue weighted by molar-refractivity contribution is -0.118. The summed E-state index contributed by atoms with van der Waals surface area (Å²) in [5.41, 5.74) is 9.34. The number of nitrogens with one attached hydrogen (secondary N) is 2. The van der Waals surface area contributed by atoms with Gasteiger partial charge < -0.3 is 20.3 Å². The van der Waals surface area contributed by atoms with Gasteiger partial charge in [-0.15, -0.1) is 0 Å². The number of ether oxygens (including phenoxy) is 2. The third kappa shape index (κ3) is 4.42. The molecule has 0 fully saturated rings. The van der Waals surface area contributed by atoms with Crippen LogP contribution in [0.25, 0.3) is 0 Å². The van der Waals surface area contributed by atoms with E-state index in [-0.39, 0.29) is 17.6 Å². The van der Waals surface area contributed by atoms with E-state index in [0.29, 0.717) is 17.7 Å². The fourth-order valence-electron chi connectivity index (χ4n) is 4.46. The minimum atomic E-state index is -0.518. The zero-order valence-corrected chi connectivity index (χ0v) is 18.7. The lowest BCUT2D eigenvalue weighted by Crippen LogP contribution is -2.32. The number of aromatic amines is 2. The topological polar surface area (TPSA) is 110 Å². The van der Waals surface area contributed by atoms with Gasteiger partial charge in [-0.2, -0.15) is 0 Å². The van der Waals surface area contributed by atoms with Crippen LogP contribution in [0, 0.1) is 0 Å². The molecular weight excluding hydrogens is 406 g/mol. The van der Waals surface area contributed by atoms with Crippen molar-refractivity contribution in [2.75, 3.05) is 7.11 Å². The van der Waals surface area contributed by atoms with Gasteiger partial charge in [0, 0.05) is 35.6 Å². The van der Waals surface area contributed by atoms with Crippen LogP contribution in [-0.4, -0.2) is 28.8 Å². The third-order valence-corrected chi connectivity index (χ3v) is 6.05. The highest BCUT2D eigenvalue weighted by Gasteiger charge is 2.28. The number of fused-ring (bicyclic) bond motifs is 1. The Bertz CT molecular complexity index is 1190. The fourth-order valence-corrected chi connectivity index (χ4v) is 4.46. The Labute approximate surface area is 186 Å². The van der Waals surface area contributed by atoms with Crippen LogP contribution in [0.1, 0.15) is 60.6 Å². The van der Waals surface area contributed by atoms with Gasteiger partial charge in [0.15, 0.2) is 0 Å². The Hall–Kier alpha value is -3.48. The van der Waals surface area contributed by atoms with Crippen LogP contribution in [-0.2, 0) is 17.6 Å². The standard InChI is InChI=1S/C25H29N3O4/c1-25(2)11-10-16-12-15(8-9-20(16)32-25)13-19-23(24(30)28-27-19)18(14-22(26)29)17-6-4-5-7-21(17)31-3/h4-9,12,18H,10-11,13-14H2,1-3H3,(H2,26,29)(H2,27,28,30)/t18-/m1/s1. The van der Waals surface area contributed by atoms with E-state index in [9.17, 15) is 9.59 Å². The first kappa shape index (κ1) is 21.7. The molecule has 0 saturated heterocycles. The largest absolute Gasteiger partial charge is 0.496 e. The van der Waals surface area contributed by atoms with Crippen LogP contribution >= 0.6 is 0 Å². The maximum atomic E-state index is 12.8. The summed E-state index contributed by atoms with van der Waals surface area (Å²) in [6.07, 6.45) is 2.40. The lowest BCUT2D eigenvalue weighted by Gasteiger charge is -2.32. The first-order valence-corrected chi connectivity index (χ1v) is 10.8. The van der Waals surface area contributed by atoms with Crippen molar-refractivity contribution < 1.29 is 14.3 Å². The molecule has 1 atom stereocenters. The summed E-state index contributed by atoms with van der Waals surface area (Å²) < 4.78 is 11.6. The first-order chi connectivity index (χ1) is 15.3. The van der Waals surface area contributed by atoms with Crippen molar-refractivity contribution in [2.24, 2.45) is 5.73 Å². The zero-order chi connectivity index (χ0) is 22.9. The van der Waals surface area contributed by atoms with Gasteiger partial charge in [0.1, 0.15) is 17.1 Å². The van der Waals surface area contributed by atoms with Crippen molar-refractivity contribution in [1.82, 2.24) is 10.2 Å². The van der Waals surface area contributed by atoms with Gasteiger partial charge in [-0.3, -0.25) is 14.7 Å². The number of nitrogens with two attached hydrogens (primary N) is 1. The molecule has 0 aliphatic carbocycles. The molecule has 1 amide bonds. The molecule has 7 nitrogen and oxygen atoms in total. The van der Waals surface area contributed by atoms with Gasteiger partial charge in [0.05, 0.1) is 7.11 Å². The smallest absolute Gasteiger partial charge is 0.267 e.